The fourth-order valence-corrected chi connectivity index (χ4v) is 4.41. The van der Waals surface area contributed by atoms with E-state index in [4.69, 9.17) is 0 Å². The van der Waals surface area contributed by atoms with Crippen molar-refractivity contribution in [2.45, 2.75) is 39.2 Å². The summed E-state index contributed by atoms with van der Waals surface area (Å²) < 4.78 is 1.90. The van der Waals surface area contributed by atoms with E-state index in [0.29, 0.717) is 16.9 Å². The number of anilines is 1. The van der Waals surface area contributed by atoms with Crippen LogP contribution in [0.15, 0.2) is 36.5 Å². The van der Waals surface area contributed by atoms with Crippen LogP contribution in [0.3, 0.4) is 0 Å². The Morgan fingerprint density at radius 1 is 1.28 bits per heavy atom. The smallest absolute Gasteiger partial charge is 0.277 e. The lowest BCUT2D eigenvalue weighted by atomic mass is 10.1. The maximum atomic E-state index is 12.6. The minimum Gasteiger partial charge on any atom is -0.315 e. The molecule has 1 aliphatic heterocycles. The van der Waals surface area contributed by atoms with Crippen molar-refractivity contribution in [3.05, 3.63) is 63.9 Å². The normalized spacial score (nSPS) is 16.3. The number of carbonyl (C=O) groups excluding carboxylic acids is 1. The first-order valence-electron chi connectivity index (χ1n) is 9.67. The molecule has 0 radical (unpaired) electrons. The molecule has 3 aromatic rings. The number of nitrogens with one attached hydrogen (secondary N) is 2. The molecule has 1 saturated heterocycles. The van der Waals surface area contributed by atoms with Gasteiger partial charge in [0, 0.05) is 24.0 Å². The molecule has 154 valence electrons. The summed E-state index contributed by atoms with van der Waals surface area (Å²) in [5.41, 5.74) is 3.88. The van der Waals surface area contributed by atoms with Crippen LogP contribution in [0, 0.1) is 13.8 Å². The zero-order valence-electron chi connectivity index (χ0n) is 16.6. The third kappa shape index (κ3) is 5.23. The van der Waals surface area contributed by atoms with Crippen molar-refractivity contribution < 1.29 is 4.79 Å². The van der Waals surface area contributed by atoms with Crippen LogP contribution in [-0.4, -0.2) is 33.8 Å². The van der Waals surface area contributed by atoms with E-state index in [9.17, 15) is 4.79 Å². The number of aromatic nitrogens is 3. The van der Waals surface area contributed by atoms with Gasteiger partial charge in [0.15, 0.2) is 10.8 Å². The average Bonchev–Trinajstić information content (AvgIpc) is 3.32. The molecule has 3 heterocycles. The van der Waals surface area contributed by atoms with Crippen LogP contribution in [-0.2, 0) is 6.42 Å². The Labute approximate surface area is 181 Å². The van der Waals surface area contributed by atoms with Crippen molar-refractivity contribution >= 4 is 34.8 Å². The second-order valence-electron chi connectivity index (χ2n) is 7.33. The van der Waals surface area contributed by atoms with Gasteiger partial charge in [0.2, 0.25) is 0 Å². The Hall–Kier alpha value is -2.22. The highest BCUT2D eigenvalue weighted by Gasteiger charge is 2.19. The van der Waals surface area contributed by atoms with Gasteiger partial charge in [-0.15, -0.1) is 23.7 Å². The molecule has 8 heteroatoms. The number of aryl methyl sites for hydroxylation is 2. The van der Waals surface area contributed by atoms with Gasteiger partial charge in [-0.05, 0) is 44.9 Å². The average molecular weight is 432 g/mol. The van der Waals surface area contributed by atoms with E-state index >= 15 is 0 Å². The van der Waals surface area contributed by atoms with Crippen LogP contribution >= 0.6 is 23.7 Å². The number of halogens is 1. The van der Waals surface area contributed by atoms with Gasteiger partial charge < -0.3 is 5.32 Å². The number of piperidine rings is 1. The van der Waals surface area contributed by atoms with Gasteiger partial charge in [-0.25, -0.2) is 4.98 Å². The lowest BCUT2D eigenvalue weighted by Crippen LogP contribution is -2.32. The van der Waals surface area contributed by atoms with Crippen LogP contribution in [0.2, 0.25) is 0 Å². The number of thiazole rings is 1. The van der Waals surface area contributed by atoms with Crippen molar-refractivity contribution in [1.82, 2.24) is 20.1 Å². The van der Waals surface area contributed by atoms with Crippen LogP contribution in [0.25, 0.3) is 0 Å². The van der Waals surface area contributed by atoms with Crippen LogP contribution < -0.4 is 10.6 Å². The van der Waals surface area contributed by atoms with Gasteiger partial charge in [-0.3, -0.25) is 14.8 Å². The number of hydrogen-bond donors (Lipinski definition) is 2. The Bertz CT molecular complexity index is 960. The third-order valence-corrected chi connectivity index (χ3v) is 6.16. The number of nitrogens with zero attached hydrogens (tertiary/aromatic N) is 3. The van der Waals surface area contributed by atoms with Gasteiger partial charge in [0.05, 0.1) is 11.7 Å². The van der Waals surface area contributed by atoms with E-state index < -0.39 is 0 Å². The van der Waals surface area contributed by atoms with Crippen molar-refractivity contribution in [2.24, 2.45) is 0 Å². The molecule has 2 aromatic heterocycles. The molecule has 0 aliphatic carbocycles. The summed E-state index contributed by atoms with van der Waals surface area (Å²) in [4.78, 5) is 18.3. The lowest BCUT2D eigenvalue weighted by Gasteiger charge is -2.22. The van der Waals surface area contributed by atoms with Crippen LogP contribution in [0.4, 0.5) is 5.13 Å². The summed E-state index contributed by atoms with van der Waals surface area (Å²) in [6.45, 7) is 6.03. The molecule has 2 N–H and O–H groups in total. The molecule has 4 rings (SSSR count). The molecule has 1 fully saturated rings. The number of benzene rings is 1. The zero-order valence-corrected chi connectivity index (χ0v) is 18.3. The predicted octanol–water partition coefficient (Wildman–Crippen LogP) is 4.15. The summed E-state index contributed by atoms with van der Waals surface area (Å²) in [7, 11) is 0. The highest BCUT2D eigenvalue weighted by Crippen LogP contribution is 2.26. The number of hydrogen-bond acceptors (Lipinski definition) is 5. The minimum atomic E-state index is -0.210. The molecule has 1 atom stereocenters. The molecule has 1 aromatic carbocycles. The van der Waals surface area contributed by atoms with E-state index in [0.717, 1.165) is 42.9 Å². The fraction of sp³-hybridized carbons (Fsp3) is 0.381. The quantitative estimate of drug-likeness (QED) is 0.636. The first-order valence-corrected chi connectivity index (χ1v) is 10.5. The molecule has 0 bridgehead atoms. The monoisotopic (exact) mass is 431 g/mol. The predicted molar refractivity (Wildman–Crippen MR) is 119 cm³/mol. The van der Waals surface area contributed by atoms with Crippen molar-refractivity contribution in [3.63, 3.8) is 0 Å². The standard InChI is InChI=1S/C21H25N5OS.ClH/c1-14-5-7-16(8-6-14)12-19-15(2)23-21(28-19)24-20(27)18-9-11-26(25-18)17-4-3-10-22-13-17;/h5-9,11,17,22H,3-4,10,12-13H2,1-2H3,(H,23,24,27);1H. The Kier molecular flexibility index (Phi) is 7.05. The number of amides is 1. The summed E-state index contributed by atoms with van der Waals surface area (Å²) in [6, 6.07) is 10.6. The Balaban J connectivity index is 0.00000240. The highest BCUT2D eigenvalue weighted by atomic mass is 35.5. The van der Waals surface area contributed by atoms with E-state index in [1.807, 2.05) is 17.8 Å². The van der Waals surface area contributed by atoms with E-state index in [-0.39, 0.29) is 18.3 Å². The van der Waals surface area contributed by atoms with E-state index in [1.165, 1.54) is 22.5 Å². The largest absolute Gasteiger partial charge is 0.315 e. The van der Waals surface area contributed by atoms with Gasteiger partial charge in [-0.2, -0.15) is 5.10 Å². The number of rotatable bonds is 5. The molecular weight excluding hydrogens is 406 g/mol. The summed E-state index contributed by atoms with van der Waals surface area (Å²) >= 11 is 1.53. The second-order valence-corrected chi connectivity index (χ2v) is 8.41. The SMILES string of the molecule is Cc1ccc(Cc2sc(NC(=O)c3ccn(C4CCCNC4)n3)nc2C)cc1.Cl. The molecule has 1 aliphatic rings. The maximum Gasteiger partial charge on any atom is 0.277 e. The highest BCUT2D eigenvalue weighted by molar-refractivity contribution is 7.15. The molecule has 1 unspecified atom stereocenters. The van der Waals surface area contributed by atoms with Crippen molar-refractivity contribution in [2.75, 3.05) is 18.4 Å². The lowest BCUT2D eigenvalue weighted by molar-refractivity contribution is 0.102. The zero-order chi connectivity index (χ0) is 19.5. The third-order valence-electron chi connectivity index (χ3n) is 5.08. The molecule has 29 heavy (non-hydrogen) atoms. The van der Waals surface area contributed by atoms with E-state index in [1.54, 1.807) is 6.07 Å². The Morgan fingerprint density at radius 3 is 2.79 bits per heavy atom. The van der Waals surface area contributed by atoms with Crippen LogP contribution in [0.1, 0.15) is 51.1 Å². The van der Waals surface area contributed by atoms with E-state index in [2.05, 4.69) is 51.9 Å². The maximum absolute atomic E-state index is 12.6. The first-order chi connectivity index (χ1) is 13.6. The minimum absolute atomic E-state index is 0. The van der Waals surface area contributed by atoms with Crippen LogP contribution in [0.5, 0.6) is 0 Å². The molecule has 6 nitrogen and oxygen atoms in total. The molecule has 1 amide bonds. The molecule has 0 saturated carbocycles. The second kappa shape index (κ2) is 9.52. The van der Waals surface area contributed by atoms with Crippen molar-refractivity contribution in [1.29, 1.82) is 0 Å². The molecule has 0 spiro atoms. The summed E-state index contributed by atoms with van der Waals surface area (Å²) in [5.74, 6) is -0.210. The van der Waals surface area contributed by atoms with Gasteiger partial charge in [-0.1, -0.05) is 29.8 Å². The Morgan fingerprint density at radius 2 is 2.07 bits per heavy atom. The van der Waals surface area contributed by atoms with Gasteiger partial charge in [0.1, 0.15) is 0 Å². The first kappa shape index (κ1) is 21.5. The topological polar surface area (TPSA) is 71.8 Å². The van der Waals surface area contributed by atoms with Gasteiger partial charge in [0.25, 0.3) is 5.91 Å². The van der Waals surface area contributed by atoms with Gasteiger partial charge >= 0.3 is 0 Å². The number of carbonyl (C=O) groups is 1. The van der Waals surface area contributed by atoms with Crippen molar-refractivity contribution in [3.8, 4) is 0 Å². The molecular formula is C21H26ClN5OS. The fourth-order valence-electron chi connectivity index (χ4n) is 3.42. The summed E-state index contributed by atoms with van der Waals surface area (Å²) in [6.07, 6.45) is 4.93. The summed E-state index contributed by atoms with van der Waals surface area (Å²) in [5, 5.41) is 11.4.